The van der Waals surface area contributed by atoms with Gasteiger partial charge in [-0.05, 0) is 60.7 Å². The number of amides is 1. The van der Waals surface area contributed by atoms with E-state index in [1.54, 1.807) is 36.4 Å². The molecule has 0 bridgehead atoms. The minimum atomic E-state index is -0.370. The van der Waals surface area contributed by atoms with Gasteiger partial charge in [0.05, 0.1) is 0 Å². The van der Waals surface area contributed by atoms with Gasteiger partial charge in [-0.15, -0.1) is 0 Å². The second-order valence-corrected chi connectivity index (χ2v) is 5.41. The summed E-state index contributed by atoms with van der Waals surface area (Å²) in [6, 6.07) is 15.6. The van der Waals surface area contributed by atoms with Crippen LogP contribution in [-0.2, 0) is 6.61 Å². The van der Waals surface area contributed by atoms with Crippen molar-refractivity contribution in [1.82, 2.24) is 0 Å². The fourth-order valence-corrected chi connectivity index (χ4v) is 2.11. The molecule has 1 aromatic heterocycles. The van der Waals surface area contributed by atoms with Crippen LogP contribution in [0, 0.1) is 5.82 Å². The highest BCUT2D eigenvalue weighted by Gasteiger charge is 2.12. The number of carbonyl (C=O) groups is 1. The highest BCUT2D eigenvalue weighted by atomic mass is 35.5. The SMILES string of the molecule is O=C(Nc1ccc(Cl)cc1)c1ccc(COc2ccc(F)cc2)o1. The van der Waals surface area contributed by atoms with Crippen molar-refractivity contribution in [3.8, 4) is 5.75 Å². The minimum absolute atomic E-state index is 0.139. The lowest BCUT2D eigenvalue weighted by molar-refractivity contribution is 0.0992. The van der Waals surface area contributed by atoms with Gasteiger partial charge in [0.1, 0.15) is 23.9 Å². The number of nitrogens with one attached hydrogen (secondary N) is 1. The van der Waals surface area contributed by atoms with Gasteiger partial charge in [0, 0.05) is 10.7 Å². The molecule has 3 aromatic rings. The number of hydrogen-bond acceptors (Lipinski definition) is 3. The molecule has 0 aliphatic heterocycles. The quantitative estimate of drug-likeness (QED) is 0.715. The second-order valence-electron chi connectivity index (χ2n) is 4.97. The third kappa shape index (κ3) is 4.14. The lowest BCUT2D eigenvalue weighted by Gasteiger charge is -2.04. The fraction of sp³-hybridized carbons (Fsp3) is 0.0556. The predicted octanol–water partition coefficient (Wildman–Crippen LogP) is 4.90. The maximum atomic E-state index is 12.8. The Morgan fingerprint density at radius 3 is 2.46 bits per heavy atom. The smallest absolute Gasteiger partial charge is 0.291 e. The van der Waals surface area contributed by atoms with Crippen molar-refractivity contribution in [3.63, 3.8) is 0 Å². The van der Waals surface area contributed by atoms with Gasteiger partial charge >= 0.3 is 0 Å². The minimum Gasteiger partial charge on any atom is -0.486 e. The number of benzene rings is 2. The monoisotopic (exact) mass is 345 g/mol. The number of hydrogen-bond donors (Lipinski definition) is 1. The maximum Gasteiger partial charge on any atom is 0.291 e. The van der Waals surface area contributed by atoms with E-state index in [9.17, 15) is 9.18 Å². The molecule has 1 N–H and O–H groups in total. The van der Waals surface area contributed by atoms with E-state index in [2.05, 4.69) is 5.32 Å². The molecule has 1 amide bonds. The molecule has 0 saturated carbocycles. The van der Waals surface area contributed by atoms with Crippen LogP contribution in [0.3, 0.4) is 0 Å². The number of rotatable bonds is 5. The Bertz CT molecular complexity index is 828. The summed E-state index contributed by atoms with van der Waals surface area (Å²) in [5.41, 5.74) is 0.616. The van der Waals surface area contributed by atoms with Gasteiger partial charge in [0.25, 0.3) is 5.91 Å². The number of carbonyl (C=O) groups excluding carboxylic acids is 1. The van der Waals surface area contributed by atoms with Gasteiger partial charge in [-0.2, -0.15) is 0 Å². The van der Waals surface area contributed by atoms with Crippen LogP contribution in [0.2, 0.25) is 5.02 Å². The zero-order valence-corrected chi connectivity index (χ0v) is 13.2. The molecule has 3 rings (SSSR count). The molecule has 0 aliphatic rings. The lowest BCUT2D eigenvalue weighted by atomic mass is 10.3. The Kier molecular flexibility index (Phi) is 4.82. The van der Waals surface area contributed by atoms with Crippen molar-refractivity contribution in [2.24, 2.45) is 0 Å². The van der Waals surface area contributed by atoms with E-state index in [1.807, 2.05) is 0 Å². The average molecular weight is 346 g/mol. The fourth-order valence-electron chi connectivity index (χ4n) is 1.99. The standard InChI is InChI=1S/C18H13ClFNO3/c19-12-1-5-14(6-2-12)21-18(22)17-10-9-16(24-17)11-23-15-7-3-13(20)4-8-15/h1-10H,11H2,(H,21,22). The molecule has 0 spiro atoms. The summed E-state index contributed by atoms with van der Waals surface area (Å²) in [6.45, 7) is 0.139. The summed E-state index contributed by atoms with van der Waals surface area (Å²) in [4.78, 5) is 12.1. The Hall–Kier alpha value is -2.79. The summed E-state index contributed by atoms with van der Waals surface area (Å²) >= 11 is 5.80. The third-order valence-corrected chi connectivity index (χ3v) is 3.43. The van der Waals surface area contributed by atoms with Crippen LogP contribution in [0.5, 0.6) is 5.75 Å². The van der Waals surface area contributed by atoms with Crippen LogP contribution >= 0.6 is 11.6 Å². The van der Waals surface area contributed by atoms with Crippen LogP contribution in [0.1, 0.15) is 16.3 Å². The normalized spacial score (nSPS) is 10.4. The van der Waals surface area contributed by atoms with Gasteiger partial charge in [0.2, 0.25) is 0 Å². The highest BCUT2D eigenvalue weighted by molar-refractivity contribution is 6.30. The molecule has 6 heteroatoms. The van der Waals surface area contributed by atoms with E-state index >= 15 is 0 Å². The average Bonchev–Trinajstić information content (AvgIpc) is 3.06. The first-order valence-electron chi connectivity index (χ1n) is 7.14. The van der Waals surface area contributed by atoms with Crippen LogP contribution in [0.4, 0.5) is 10.1 Å². The molecule has 0 unspecified atom stereocenters. The molecule has 4 nitrogen and oxygen atoms in total. The molecule has 24 heavy (non-hydrogen) atoms. The number of anilines is 1. The van der Waals surface area contributed by atoms with E-state index in [-0.39, 0.29) is 24.1 Å². The van der Waals surface area contributed by atoms with Crippen molar-refractivity contribution in [3.05, 3.63) is 83.0 Å². The Labute approximate surface area is 142 Å². The number of halogens is 2. The first kappa shape index (κ1) is 16.1. The number of ether oxygens (including phenoxy) is 1. The first-order valence-corrected chi connectivity index (χ1v) is 7.52. The summed E-state index contributed by atoms with van der Waals surface area (Å²) in [5.74, 6) is 0.468. The molecule has 0 fully saturated rings. The van der Waals surface area contributed by atoms with Gasteiger partial charge in [-0.1, -0.05) is 11.6 Å². The van der Waals surface area contributed by atoms with Crippen LogP contribution in [0.15, 0.2) is 65.1 Å². The molecule has 0 saturated heterocycles. The van der Waals surface area contributed by atoms with E-state index in [4.69, 9.17) is 20.8 Å². The van der Waals surface area contributed by atoms with Gasteiger partial charge in [-0.25, -0.2) is 4.39 Å². The maximum absolute atomic E-state index is 12.8. The zero-order valence-electron chi connectivity index (χ0n) is 12.5. The summed E-state index contributed by atoms with van der Waals surface area (Å²) in [5, 5.41) is 3.29. The summed E-state index contributed by atoms with van der Waals surface area (Å²) in [7, 11) is 0. The van der Waals surface area contributed by atoms with Crippen LogP contribution in [0.25, 0.3) is 0 Å². The van der Waals surface area contributed by atoms with Gasteiger partial charge in [-0.3, -0.25) is 4.79 Å². The Morgan fingerprint density at radius 1 is 1.04 bits per heavy atom. The van der Waals surface area contributed by atoms with E-state index in [0.717, 1.165) is 0 Å². The largest absolute Gasteiger partial charge is 0.486 e. The molecule has 2 aromatic carbocycles. The van der Waals surface area contributed by atoms with E-state index < -0.39 is 0 Å². The highest BCUT2D eigenvalue weighted by Crippen LogP contribution is 2.17. The second kappa shape index (κ2) is 7.19. The van der Waals surface area contributed by atoms with E-state index in [0.29, 0.717) is 22.2 Å². The zero-order chi connectivity index (χ0) is 16.9. The third-order valence-electron chi connectivity index (χ3n) is 3.18. The molecule has 0 atom stereocenters. The summed E-state index contributed by atoms with van der Waals surface area (Å²) < 4.78 is 23.7. The van der Waals surface area contributed by atoms with E-state index in [1.165, 1.54) is 24.3 Å². The lowest BCUT2D eigenvalue weighted by Crippen LogP contribution is -2.10. The number of furan rings is 1. The molecule has 0 aliphatic carbocycles. The van der Waals surface area contributed by atoms with Crippen molar-refractivity contribution >= 4 is 23.2 Å². The molecular formula is C18H13ClFNO3. The topological polar surface area (TPSA) is 51.5 Å². The van der Waals surface area contributed by atoms with Gasteiger partial charge in [0.15, 0.2) is 5.76 Å². The molecule has 1 heterocycles. The van der Waals surface area contributed by atoms with Crippen molar-refractivity contribution in [2.45, 2.75) is 6.61 Å². The summed E-state index contributed by atoms with van der Waals surface area (Å²) in [6.07, 6.45) is 0. The van der Waals surface area contributed by atoms with Gasteiger partial charge < -0.3 is 14.5 Å². The molecule has 0 radical (unpaired) electrons. The van der Waals surface area contributed by atoms with Crippen molar-refractivity contribution < 1.29 is 18.3 Å². The first-order chi connectivity index (χ1) is 11.6. The van der Waals surface area contributed by atoms with Crippen LogP contribution in [-0.4, -0.2) is 5.91 Å². The van der Waals surface area contributed by atoms with Crippen molar-refractivity contribution in [2.75, 3.05) is 5.32 Å². The van der Waals surface area contributed by atoms with Crippen LogP contribution < -0.4 is 10.1 Å². The Morgan fingerprint density at radius 2 is 1.75 bits per heavy atom. The molecular weight excluding hydrogens is 333 g/mol. The molecule has 122 valence electrons. The predicted molar refractivity (Wildman–Crippen MR) is 88.8 cm³/mol. The van der Waals surface area contributed by atoms with Crippen molar-refractivity contribution in [1.29, 1.82) is 0 Å². The Balaban J connectivity index is 1.59.